The number of halogens is 1. The zero-order chi connectivity index (χ0) is 16.5. The highest BCUT2D eigenvalue weighted by atomic mass is 19.1. The Kier molecular flexibility index (Phi) is 6.59. The van der Waals surface area contributed by atoms with Crippen molar-refractivity contribution in [3.63, 3.8) is 0 Å². The molecule has 0 unspecified atom stereocenters. The summed E-state index contributed by atoms with van der Waals surface area (Å²) in [7, 11) is 0. The minimum Gasteiger partial charge on any atom is -0.359 e. The molecule has 0 amide bonds. The molecule has 0 saturated heterocycles. The van der Waals surface area contributed by atoms with Crippen molar-refractivity contribution in [2.75, 3.05) is 13.1 Å². The average molecular weight is 318 g/mol. The van der Waals surface area contributed by atoms with E-state index in [4.69, 9.17) is 4.52 Å². The van der Waals surface area contributed by atoms with Crippen molar-refractivity contribution in [2.24, 2.45) is 4.99 Å². The smallest absolute Gasteiger partial charge is 0.191 e. The van der Waals surface area contributed by atoms with Gasteiger partial charge in [0.2, 0.25) is 0 Å². The third-order valence-corrected chi connectivity index (χ3v) is 3.35. The largest absolute Gasteiger partial charge is 0.359 e. The van der Waals surface area contributed by atoms with E-state index < -0.39 is 0 Å². The number of hydrogen-bond acceptors (Lipinski definition) is 3. The van der Waals surface area contributed by atoms with Crippen LogP contribution in [0.1, 0.15) is 30.9 Å². The van der Waals surface area contributed by atoms with E-state index in [1.807, 2.05) is 26.0 Å². The molecule has 2 aromatic rings. The van der Waals surface area contributed by atoms with Crippen molar-refractivity contribution < 1.29 is 8.91 Å². The fraction of sp³-hybridized carbons (Fsp3) is 0.412. The number of aliphatic imine (C=N–C) groups is 1. The highest BCUT2D eigenvalue weighted by Gasteiger charge is 2.04. The number of nitrogens with one attached hydrogen (secondary N) is 2. The first-order chi connectivity index (χ1) is 11.2. The molecule has 0 fully saturated rings. The minimum atomic E-state index is -0.176. The van der Waals surface area contributed by atoms with E-state index in [1.165, 1.54) is 6.07 Å². The Labute approximate surface area is 136 Å². The molecule has 0 aliphatic rings. The number of aryl methyl sites for hydroxylation is 1. The lowest BCUT2D eigenvalue weighted by molar-refractivity contribution is 0.379. The predicted octanol–water partition coefficient (Wildman–Crippen LogP) is 2.67. The van der Waals surface area contributed by atoms with Gasteiger partial charge in [-0.1, -0.05) is 30.3 Å². The van der Waals surface area contributed by atoms with Crippen LogP contribution in [0, 0.1) is 5.82 Å². The van der Waals surface area contributed by atoms with Crippen LogP contribution in [0.3, 0.4) is 0 Å². The third kappa shape index (κ3) is 5.39. The molecule has 1 aromatic heterocycles. The Morgan fingerprint density at radius 1 is 1.26 bits per heavy atom. The van der Waals surface area contributed by atoms with Gasteiger partial charge in [-0.05, 0) is 31.4 Å². The molecule has 0 radical (unpaired) electrons. The second kappa shape index (κ2) is 8.92. The first-order valence-electron chi connectivity index (χ1n) is 7.93. The Hall–Kier alpha value is -2.37. The second-order valence-corrected chi connectivity index (χ2v) is 5.10. The fourth-order valence-corrected chi connectivity index (χ4v) is 2.11. The molecule has 1 heterocycles. The summed E-state index contributed by atoms with van der Waals surface area (Å²) in [6, 6.07) is 8.71. The van der Waals surface area contributed by atoms with Gasteiger partial charge in [0, 0.05) is 19.2 Å². The molecule has 0 aliphatic carbocycles. The van der Waals surface area contributed by atoms with Gasteiger partial charge in [-0.3, -0.25) is 0 Å². The predicted molar refractivity (Wildman–Crippen MR) is 88.8 cm³/mol. The number of rotatable bonds is 7. The quantitative estimate of drug-likeness (QED) is 0.608. The van der Waals surface area contributed by atoms with Crippen LogP contribution in [0.5, 0.6) is 0 Å². The molecule has 23 heavy (non-hydrogen) atoms. The Bertz CT molecular complexity index is 639. The van der Waals surface area contributed by atoms with Crippen LogP contribution in [0.4, 0.5) is 4.39 Å². The summed E-state index contributed by atoms with van der Waals surface area (Å²) in [6.07, 6.45) is 1.44. The van der Waals surface area contributed by atoms with Gasteiger partial charge >= 0.3 is 0 Å². The summed E-state index contributed by atoms with van der Waals surface area (Å²) in [5.41, 5.74) is 1.62. The van der Waals surface area contributed by atoms with Crippen molar-refractivity contribution in [1.82, 2.24) is 15.8 Å². The van der Waals surface area contributed by atoms with E-state index in [2.05, 4.69) is 20.8 Å². The third-order valence-electron chi connectivity index (χ3n) is 3.35. The molecular weight excluding hydrogens is 295 g/mol. The summed E-state index contributed by atoms with van der Waals surface area (Å²) < 4.78 is 18.8. The first-order valence-corrected chi connectivity index (χ1v) is 7.93. The van der Waals surface area contributed by atoms with E-state index in [0.29, 0.717) is 31.0 Å². The van der Waals surface area contributed by atoms with Gasteiger partial charge in [0.05, 0.1) is 5.69 Å². The number of nitrogens with zero attached hydrogens (tertiary/aromatic N) is 2. The summed E-state index contributed by atoms with van der Waals surface area (Å²) in [5, 5.41) is 10.3. The van der Waals surface area contributed by atoms with Gasteiger partial charge in [0.1, 0.15) is 12.4 Å². The Morgan fingerprint density at radius 2 is 2.09 bits per heavy atom. The first kappa shape index (κ1) is 17.0. The minimum absolute atomic E-state index is 0.176. The monoisotopic (exact) mass is 318 g/mol. The van der Waals surface area contributed by atoms with Gasteiger partial charge in [0.15, 0.2) is 11.7 Å². The van der Waals surface area contributed by atoms with Crippen LogP contribution in [0.15, 0.2) is 39.8 Å². The molecule has 2 N–H and O–H groups in total. The van der Waals surface area contributed by atoms with Gasteiger partial charge in [-0.2, -0.15) is 0 Å². The summed E-state index contributed by atoms with van der Waals surface area (Å²) in [5.74, 6) is 1.23. The number of aromatic nitrogens is 1. The van der Waals surface area contributed by atoms with Crippen LogP contribution >= 0.6 is 0 Å². The maximum Gasteiger partial charge on any atom is 0.191 e. The molecular formula is C17H23FN4O. The van der Waals surface area contributed by atoms with Crippen LogP contribution in [0.25, 0.3) is 0 Å². The molecule has 0 atom stereocenters. The lowest BCUT2D eigenvalue weighted by Crippen LogP contribution is -2.38. The normalized spacial score (nSPS) is 11.5. The van der Waals surface area contributed by atoms with Crippen molar-refractivity contribution >= 4 is 5.96 Å². The lowest BCUT2D eigenvalue weighted by atomic mass is 10.1. The molecule has 2 rings (SSSR count). The van der Waals surface area contributed by atoms with E-state index >= 15 is 0 Å². The Morgan fingerprint density at radius 3 is 2.78 bits per heavy atom. The summed E-state index contributed by atoms with van der Waals surface area (Å²) >= 11 is 0. The van der Waals surface area contributed by atoms with Gasteiger partial charge < -0.3 is 15.2 Å². The van der Waals surface area contributed by atoms with Crippen molar-refractivity contribution in [1.29, 1.82) is 0 Å². The standard InChI is InChI=1S/C17H23FN4O/c1-3-14-11-15(23-22-14)12-21-17(19-4-2)20-10-9-13-7-5-6-8-16(13)18/h5-8,11H,3-4,9-10,12H2,1-2H3,(H2,19,20,21). The lowest BCUT2D eigenvalue weighted by Gasteiger charge is -2.11. The van der Waals surface area contributed by atoms with Crippen molar-refractivity contribution in [2.45, 2.75) is 33.2 Å². The maximum atomic E-state index is 13.6. The Balaban J connectivity index is 1.87. The number of guanidine groups is 1. The van der Waals surface area contributed by atoms with Crippen LogP contribution < -0.4 is 10.6 Å². The molecule has 0 bridgehead atoms. The summed E-state index contributed by atoms with van der Waals surface area (Å²) in [4.78, 5) is 4.45. The van der Waals surface area contributed by atoms with Crippen LogP contribution in [-0.4, -0.2) is 24.2 Å². The molecule has 5 nitrogen and oxygen atoms in total. The topological polar surface area (TPSA) is 62.5 Å². The molecule has 0 spiro atoms. The van der Waals surface area contributed by atoms with Gasteiger partial charge in [0.25, 0.3) is 0 Å². The number of benzene rings is 1. The molecule has 0 aliphatic heterocycles. The van der Waals surface area contributed by atoms with Crippen LogP contribution in [-0.2, 0) is 19.4 Å². The highest BCUT2D eigenvalue weighted by molar-refractivity contribution is 5.79. The second-order valence-electron chi connectivity index (χ2n) is 5.10. The fourth-order valence-electron chi connectivity index (χ4n) is 2.11. The van der Waals surface area contributed by atoms with Crippen LogP contribution in [0.2, 0.25) is 0 Å². The van der Waals surface area contributed by atoms with E-state index in [0.717, 1.165) is 24.4 Å². The zero-order valence-corrected chi connectivity index (χ0v) is 13.6. The van der Waals surface area contributed by atoms with E-state index in [9.17, 15) is 4.39 Å². The zero-order valence-electron chi connectivity index (χ0n) is 13.6. The maximum absolute atomic E-state index is 13.6. The number of hydrogen-bond donors (Lipinski definition) is 2. The molecule has 0 saturated carbocycles. The highest BCUT2D eigenvalue weighted by Crippen LogP contribution is 2.07. The SMILES string of the molecule is CCNC(=NCc1cc(CC)no1)NCCc1ccccc1F. The summed E-state index contributed by atoms with van der Waals surface area (Å²) in [6.45, 7) is 5.80. The van der Waals surface area contributed by atoms with Gasteiger partial charge in [-0.15, -0.1) is 0 Å². The van der Waals surface area contributed by atoms with Crippen molar-refractivity contribution in [3.05, 3.63) is 53.2 Å². The molecule has 6 heteroatoms. The van der Waals surface area contributed by atoms with Gasteiger partial charge in [-0.25, -0.2) is 9.38 Å². The average Bonchev–Trinajstić information content (AvgIpc) is 3.02. The molecule has 124 valence electrons. The molecule has 1 aromatic carbocycles. The van der Waals surface area contributed by atoms with E-state index in [-0.39, 0.29) is 5.82 Å². The van der Waals surface area contributed by atoms with E-state index in [1.54, 1.807) is 12.1 Å². The van der Waals surface area contributed by atoms with Crippen molar-refractivity contribution in [3.8, 4) is 0 Å².